The summed E-state index contributed by atoms with van der Waals surface area (Å²) >= 11 is 0. The van der Waals surface area contributed by atoms with Crippen LogP contribution >= 0.6 is 0 Å². The molecule has 7 atom stereocenters. The number of hydrogen-bond acceptors (Lipinski definition) is 3. The first-order valence-electron chi connectivity index (χ1n) is 10.9. The van der Waals surface area contributed by atoms with Gasteiger partial charge in [-0.2, -0.15) is 0 Å². The standard InChI is InChI=1S/C25H34O3/c1-15-12-21(27)23-17(14-26)6-7-20-18(8-11-25(20,5)13-19(15)23)16(2)22-9-10-24(3,4)28-22/h6,9-10,12,14,16,18-20,22-23H,7-8,11,13H2,1-5H3/b17-6-/t16-,18-,19-,20+,22?,23+,25-/m1/s1. The van der Waals surface area contributed by atoms with Gasteiger partial charge in [0.2, 0.25) is 0 Å². The number of allylic oxidation sites excluding steroid dienone is 4. The molecule has 1 fully saturated rings. The van der Waals surface area contributed by atoms with Crippen LogP contribution in [0.4, 0.5) is 0 Å². The highest BCUT2D eigenvalue weighted by molar-refractivity contribution is 6.01. The minimum atomic E-state index is -0.242. The highest BCUT2D eigenvalue weighted by atomic mass is 16.5. The average Bonchev–Trinajstić information content (AvgIpc) is 3.22. The van der Waals surface area contributed by atoms with Crippen molar-refractivity contribution in [2.24, 2.45) is 35.0 Å². The van der Waals surface area contributed by atoms with Gasteiger partial charge in [0.15, 0.2) is 5.78 Å². The van der Waals surface area contributed by atoms with E-state index in [4.69, 9.17) is 4.74 Å². The molecule has 28 heavy (non-hydrogen) atoms. The van der Waals surface area contributed by atoms with E-state index in [0.29, 0.717) is 23.3 Å². The van der Waals surface area contributed by atoms with E-state index in [1.807, 2.05) is 0 Å². The fraction of sp³-hybridized carbons (Fsp3) is 0.680. The van der Waals surface area contributed by atoms with E-state index in [9.17, 15) is 9.59 Å². The Hall–Kier alpha value is -1.48. The molecule has 1 heterocycles. The molecule has 0 aromatic heterocycles. The Morgan fingerprint density at radius 2 is 2.04 bits per heavy atom. The van der Waals surface area contributed by atoms with Gasteiger partial charge in [-0.25, -0.2) is 0 Å². The number of rotatable bonds is 3. The summed E-state index contributed by atoms with van der Waals surface area (Å²) in [7, 11) is 0. The molecule has 3 nitrogen and oxygen atoms in total. The van der Waals surface area contributed by atoms with Crippen molar-refractivity contribution in [2.75, 3.05) is 0 Å². The molecule has 0 aromatic rings. The second-order valence-electron chi connectivity index (χ2n) is 10.5. The number of aldehydes is 1. The normalized spacial score (nSPS) is 44.8. The van der Waals surface area contributed by atoms with Crippen LogP contribution in [0.15, 0.2) is 35.5 Å². The quantitative estimate of drug-likeness (QED) is 0.506. The summed E-state index contributed by atoms with van der Waals surface area (Å²) in [5.74, 6) is 1.63. The summed E-state index contributed by atoms with van der Waals surface area (Å²) in [6, 6.07) is 0. The zero-order valence-corrected chi connectivity index (χ0v) is 17.9. The lowest BCUT2D eigenvalue weighted by Crippen LogP contribution is -2.37. The zero-order chi connectivity index (χ0) is 20.3. The number of hydrogen-bond donors (Lipinski definition) is 0. The SMILES string of the molecule is CC1=CC(=O)[C@H]2/C(C=O)=C\C[C@H]3[C@@H]([C@@H](C)C4C=CC(C)(C)O4)CC[C@]3(C)C[C@H]12. The van der Waals surface area contributed by atoms with Crippen molar-refractivity contribution in [3.63, 3.8) is 0 Å². The number of carbonyl (C=O) groups excluding carboxylic acids is 2. The second kappa shape index (κ2) is 6.79. The van der Waals surface area contributed by atoms with Gasteiger partial charge >= 0.3 is 0 Å². The lowest BCUT2D eigenvalue weighted by Gasteiger charge is -2.41. The first kappa shape index (κ1) is 19.8. The number of fused-ring (bicyclic) bond motifs is 2. The molecule has 4 aliphatic rings. The van der Waals surface area contributed by atoms with Gasteiger partial charge in [0, 0.05) is 0 Å². The van der Waals surface area contributed by atoms with E-state index in [1.165, 1.54) is 12.8 Å². The van der Waals surface area contributed by atoms with Crippen molar-refractivity contribution in [3.8, 4) is 0 Å². The van der Waals surface area contributed by atoms with Gasteiger partial charge in [0.1, 0.15) is 6.29 Å². The fourth-order valence-corrected chi connectivity index (χ4v) is 6.60. The van der Waals surface area contributed by atoms with Gasteiger partial charge in [-0.1, -0.05) is 37.6 Å². The van der Waals surface area contributed by atoms with Gasteiger partial charge in [-0.15, -0.1) is 0 Å². The van der Waals surface area contributed by atoms with E-state index in [0.717, 1.165) is 24.7 Å². The Bertz CT molecular complexity index is 771. The molecule has 1 saturated carbocycles. The molecule has 0 aromatic carbocycles. The molecule has 3 aliphatic carbocycles. The van der Waals surface area contributed by atoms with Crippen LogP contribution in [0.3, 0.4) is 0 Å². The van der Waals surface area contributed by atoms with Gasteiger partial charge in [-0.05, 0) is 87.2 Å². The summed E-state index contributed by atoms with van der Waals surface area (Å²) in [5, 5.41) is 0. The van der Waals surface area contributed by atoms with Crippen molar-refractivity contribution in [1.82, 2.24) is 0 Å². The van der Waals surface area contributed by atoms with Crippen LogP contribution < -0.4 is 0 Å². The number of carbonyl (C=O) groups is 2. The smallest absolute Gasteiger partial charge is 0.163 e. The monoisotopic (exact) mass is 382 g/mol. The van der Waals surface area contributed by atoms with Crippen LogP contribution in [0.1, 0.15) is 60.3 Å². The van der Waals surface area contributed by atoms with Gasteiger partial charge in [0.05, 0.1) is 17.6 Å². The maximum atomic E-state index is 12.6. The molecular formula is C25H34O3. The average molecular weight is 383 g/mol. The lowest BCUT2D eigenvalue weighted by molar-refractivity contribution is -0.119. The number of ketones is 1. The van der Waals surface area contributed by atoms with Crippen molar-refractivity contribution >= 4 is 12.1 Å². The molecule has 0 N–H and O–H groups in total. The zero-order valence-electron chi connectivity index (χ0n) is 17.9. The fourth-order valence-electron chi connectivity index (χ4n) is 6.60. The molecule has 0 bridgehead atoms. The Morgan fingerprint density at radius 3 is 2.68 bits per heavy atom. The minimum absolute atomic E-state index is 0.123. The van der Waals surface area contributed by atoms with Crippen LogP contribution in [-0.4, -0.2) is 23.8 Å². The van der Waals surface area contributed by atoms with E-state index >= 15 is 0 Å². The topological polar surface area (TPSA) is 43.4 Å². The van der Waals surface area contributed by atoms with Crippen molar-refractivity contribution < 1.29 is 14.3 Å². The maximum absolute atomic E-state index is 12.6. The molecule has 0 amide bonds. The minimum Gasteiger partial charge on any atom is -0.364 e. The molecule has 3 heteroatoms. The van der Waals surface area contributed by atoms with Gasteiger partial charge < -0.3 is 4.74 Å². The molecule has 1 unspecified atom stereocenters. The highest BCUT2D eigenvalue weighted by Crippen LogP contribution is 2.58. The van der Waals surface area contributed by atoms with Crippen molar-refractivity contribution in [1.29, 1.82) is 0 Å². The molecule has 0 saturated heterocycles. The summed E-state index contributed by atoms with van der Waals surface area (Å²) in [5.41, 5.74) is 1.90. The summed E-state index contributed by atoms with van der Waals surface area (Å²) in [4.78, 5) is 24.4. The highest BCUT2D eigenvalue weighted by Gasteiger charge is 2.52. The molecule has 1 aliphatic heterocycles. The van der Waals surface area contributed by atoms with Crippen molar-refractivity contribution in [3.05, 3.63) is 35.5 Å². The van der Waals surface area contributed by atoms with E-state index in [1.54, 1.807) is 6.08 Å². The molecule has 4 rings (SSSR count). The Balaban J connectivity index is 1.63. The third-order valence-electron chi connectivity index (χ3n) is 8.23. The van der Waals surface area contributed by atoms with E-state index in [2.05, 4.69) is 52.8 Å². The predicted molar refractivity (Wildman–Crippen MR) is 111 cm³/mol. The van der Waals surface area contributed by atoms with E-state index < -0.39 is 0 Å². The number of ether oxygens (including phenoxy) is 1. The Morgan fingerprint density at radius 1 is 1.29 bits per heavy atom. The first-order valence-corrected chi connectivity index (χ1v) is 10.9. The van der Waals surface area contributed by atoms with Gasteiger partial charge in [0.25, 0.3) is 0 Å². The molecule has 0 radical (unpaired) electrons. The Kier molecular flexibility index (Phi) is 4.81. The van der Waals surface area contributed by atoms with Crippen LogP contribution in [0.2, 0.25) is 0 Å². The molecule has 152 valence electrons. The third kappa shape index (κ3) is 3.16. The van der Waals surface area contributed by atoms with Crippen LogP contribution in [0, 0.1) is 35.0 Å². The summed E-state index contributed by atoms with van der Waals surface area (Å²) < 4.78 is 6.30. The first-order chi connectivity index (χ1) is 13.1. The Labute approximate surface area is 169 Å². The predicted octanol–water partition coefficient (Wildman–Crippen LogP) is 5.07. The largest absolute Gasteiger partial charge is 0.364 e. The second-order valence-corrected chi connectivity index (χ2v) is 10.5. The van der Waals surface area contributed by atoms with Crippen molar-refractivity contribution in [2.45, 2.75) is 72.0 Å². The maximum Gasteiger partial charge on any atom is 0.163 e. The lowest BCUT2D eigenvalue weighted by atomic mass is 9.63. The van der Waals surface area contributed by atoms with Crippen LogP contribution in [0.5, 0.6) is 0 Å². The molecular weight excluding hydrogens is 348 g/mol. The molecule has 0 spiro atoms. The van der Waals surface area contributed by atoms with Crippen LogP contribution in [-0.2, 0) is 14.3 Å². The summed E-state index contributed by atoms with van der Waals surface area (Å²) in [6.45, 7) is 11.1. The van der Waals surface area contributed by atoms with Gasteiger partial charge in [-0.3, -0.25) is 9.59 Å². The van der Waals surface area contributed by atoms with E-state index in [-0.39, 0.29) is 34.7 Å². The third-order valence-corrected chi connectivity index (χ3v) is 8.23. The van der Waals surface area contributed by atoms with Crippen LogP contribution in [0.25, 0.3) is 0 Å². The summed E-state index contributed by atoms with van der Waals surface area (Å²) in [6.07, 6.45) is 13.7.